The van der Waals surface area contributed by atoms with Crippen LogP contribution in [0, 0.1) is 0 Å². The molecule has 0 radical (unpaired) electrons. The molecule has 1 heterocycles. The fourth-order valence-corrected chi connectivity index (χ4v) is 4.90. The molecule has 6 nitrogen and oxygen atoms in total. The molecule has 0 saturated heterocycles. The van der Waals surface area contributed by atoms with Gasteiger partial charge in [-0.25, -0.2) is 25.8 Å². The summed E-state index contributed by atoms with van der Waals surface area (Å²) in [5, 5.41) is 1.88. The van der Waals surface area contributed by atoms with Crippen LogP contribution in [-0.2, 0) is 25.6 Å². The lowest BCUT2D eigenvalue weighted by Gasteiger charge is -2.06. The number of benzene rings is 2. The first-order valence-corrected chi connectivity index (χ1v) is 11.9. The number of sulfone groups is 1. The molecule has 0 bridgehead atoms. The van der Waals surface area contributed by atoms with Gasteiger partial charge in [0.2, 0.25) is 10.0 Å². The van der Waals surface area contributed by atoms with Crippen molar-refractivity contribution in [2.75, 3.05) is 6.26 Å². The van der Waals surface area contributed by atoms with Crippen LogP contribution in [0.4, 0.5) is 0 Å². The lowest BCUT2D eigenvalue weighted by Crippen LogP contribution is -2.16. The number of imidazole rings is 1. The van der Waals surface area contributed by atoms with E-state index in [0.29, 0.717) is 21.1 Å². The van der Waals surface area contributed by atoms with Gasteiger partial charge in [-0.05, 0) is 42.0 Å². The van der Waals surface area contributed by atoms with Gasteiger partial charge in [0, 0.05) is 15.5 Å². The van der Waals surface area contributed by atoms with Gasteiger partial charge in [0.15, 0.2) is 9.84 Å². The Morgan fingerprint density at radius 1 is 1.00 bits per heavy atom. The summed E-state index contributed by atoms with van der Waals surface area (Å²) in [4.78, 5) is 4.17. The van der Waals surface area contributed by atoms with Crippen LogP contribution in [0.1, 0.15) is 11.4 Å². The fraction of sp³-hybridized carbons (Fsp3) is 0.118. The third-order valence-electron chi connectivity index (χ3n) is 3.64. The maximum absolute atomic E-state index is 12.5. The Morgan fingerprint density at radius 2 is 1.63 bits per heavy atom. The molecule has 27 heavy (non-hydrogen) atoms. The number of hydrogen-bond donors (Lipinski definition) is 0. The van der Waals surface area contributed by atoms with Crippen LogP contribution >= 0.6 is 23.2 Å². The van der Waals surface area contributed by atoms with E-state index in [1.165, 1.54) is 12.1 Å². The normalized spacial score (nSPS) is 12.9. The van der Waals surface area contributed by atoms with Gasteiger partial charge in [-0.2, -0.15) is 0 Å². The minimum Gasteiger partial charge on any atom is -0.231 e. The van der Waals surface area contributed by atoms with E-state index >= 15 is 0 Å². The molecule has 10 heteroatoms. The topological polar surface area (TPSA) is 86.1 Å². The van der Waals surface area contributed by atoms with Crippen LogP contribution in [0.3, 0.4) is 0 Å². The van der Waals surface area contributed by atoms with Crippen molar-refractivity contribution >= 4 is 60.2 Å². The van der Waals surface area contributed by atoms with Gasteiger partial charge in [0.1, 0.15) is 11.6 Å². The average molecular weight is 445 g/mol. The molecule has 0 fully saturated rings. The number of nitrogens with zero attached hydrogens (tertiary/aromatic N) is 2. The first kappa shape index (κ1) is 19.9. The predicted octanol–water partition coefficient (Wildman–Crippen LogP) is 3.74. The van der Waals surface area contributed by atoms with E-state index in [1.807, 2.05) is 0 Å². The van der Waals surface area contributed by atoms with Crippen molar-refractivity contribution in [3.8, 4) is 0 Å². The summed E-state index contributed by atoms with van der Waals surface area (Å²) in [5.41, 5.74) is 1.22. The Hall–Kier alpha value is -1.87. The predicted molar refractivity (Wildman–Crippen MR) is 108 cm³/mol. The van der Waals surface area contributed by atoms with Gasteiger partial charge in [-0.15, -0.1) is 0 Å². The average Bonchev–Trinajstić information content (AvgIpc) is 2.90. The van der Waals surface area contributed by atoms with E-state index < -0.39 is 25.6 Å². The van der Waals surface area contributed by atoms with Gasteiger partial charge in [0.25, 0.3) is 0 Å². The van der Waals surface area contributed by atoms with Crippen LogP contribution in [0.15, 0.2) is 47.9 Å². The largest absolute Gasteiger partial charge is 0.237 e. The Morgan fingerprint density at radius 3 is 2.26 bits per heavy atom. The van der Waals surface area contributed by atoms with E-state index in [-0.39, 0.29) is 11.3 Å². The fourth-order valence-electron chi connectivity index (χ4n) is 2.52. The summed E-state index contributed by atoms with van der Waals surface area (Å²) in [6.45, 7) is 0. The third kappa shape index (κ3) is 4.70. The highest BCUT2D eigenvalue weighted by atomic mass is 35.5. The second-order valence-corrected chi connectivity index (χ2v) is 10.4. The Kier molecular flexibility index (Phi) is 5.36. The van der Waals surface area contributed by atoms with Crippen LogP contribution < -0.4 is 0 Å². The molecule has 3 aromatic rings. The third-order valence-corrected chi connectivity index (χ3v) is 6.41. The lowest BCUT2D eigenvalue weighted by atomic mass is 10.2. The molecule has 0 atom stereocenters. The SMILES string of the molecule is CS(=O)(=O)n1c(CS(=O)(=O)/C=C/c2ccc(Cl)cc2)nc2ccc(Cl)cc21. The lowest BCUT2D eigenvalue weighted by molar-refractivity contribution is 0.592. The van der Waals surface area contributed by atoms with Crippen LogP contribution in [-0.4, -0.2) is 32.0 Å². The smallest absolute Gasteiger partial charge is 0.231 e. The highest BCUT2D eigenvalue weighted by Gasteiger charge is 2.22. The highest BCUT2D eigenvalue weighted by Crippen LogP contribution is 2.24. The summed E-state index contributed by atoms with van der Waals surface area (Å²) < 4.78 is 50.2. The molecule has 0 aliphatic heterocycles. The number of aromatic nitrogens is 2. The molecule has 142 valence electrons. The minimum absolute atomic E-state index is 0.101. The van der Waals surface area contributed by atoms with Gasteiger partial charge < -0.3 is 0 Å². The summed E-state index contributed by atoms with van der Waals surface area (Å²) in [6.07, 6.45) is 2.39. The maximum Gasteiger partial charge on any atom is 0.237 e. The van der Waals surface area contributed by atoms with Crippen LogP contribution in [0.5, 0.6) is 0 Å². The van der Waals surface area contributed by atoms with E-state index in [9.17, 15) is 16.8 Å². The zero-order chi connectivity index (χ0) is 19.8. The van der Waals surface area contributed by atoms with Crippen molar-refractivity contribution in [2.45, 2.75) is 5.75 Å². The molecule has 0 amide bonds. The Bertz CT molecular complexity index is 1250. The quantitative estimate of drug-likeness (QED) is 0.597. The van der Waals surface area contributed by atoms with Crippen molar-refractivity contribution in [3.63, 3.8) is 0 Å². The molecule has 0 saturated carbocycles. The molecule has 3 rings (SSSR count). The molecule has 1 aromatic heterocycles. The summed E-state index contributed by atoms with van der Waals surface area (Å²) >= 11 is 11.7. The van der Waals surface area contributed by atoms with Crippen LogP contribution in [0.25, 0.3) is 17.1 Å². The van der Waals surface area contributed by atoms with Gasteiger partial charge in [-0.1, -0.05) is 35.3 Å². The molecule has 0 aliphatic rings. The molecule has 0 spiro atoms. The number of fused-ring (bicyclic) bond motifs is 1. The maximum atomic E-state index is 12.5. The molecule has 2 aromatic carbocycles. The summed E-state index contributed by atoms with van der Waals surface area (Å²) in [5.74, 6) is -0.674. The second-order valence-electron chi connectivity index (χ2n) is 5.85. The van der Waals surface area contributed by atoms with Gasteiger partial charge in [0.05, 0.1) is 17.3 Å². The van der Waals surface area contributed by atoms with Gasteiger partial charge in [-0.3, -0.25) is 0 Å². The zero-order valence-corrected chi connectivity index (χ0v) is 17.1. The molecule has 0 unspecified atom stereocenters. The van der Waals surface area contributed by atoms with E-state index in [1.54, 1.807) is 36.4 Å². The molecule has 0 aliphatic carbocycles. The van der Waals surface area contributed by atoms with E-state index in [2.05, 4.69) is 4.98 Å². The second kappa shape index (κ2) is 7.27. The summed E-state index contributed by atoms with van der Waals surface area (Å²) in [7, 11) is -7.56. The van der Waals surface area contributed by atoms with Crippen LogP contribution in [0.2, 0.25) is 10.0 Å². The minimum atomic E-state index is -3.79. The Balaban J connectivity index is 2.01. The first-order chi connectivity index (χ1) is 12.5. The summed E-state index contributed by atoms with van der Waals surface area (Å²) in [6, 6.07) is 11.2. The number of hydrogen-bond acceptors (Lipinski definition) is 5. The number of halogens is 2. The number of rotatable bonds is 5. The van der Waals surface area contributed by atoms with Crippen molar-refractivity contribution in [1.29, 1.82) is 0 Å². The molecular formula is C17H14Cl2N2O4S2. The monoisotopic (exact) mass is 444 g/mol. The zero-order valence-electron chi connectivity index (χ0n) is 14.0. The van der Waals surface area contributed by atoms with Gasteiger partial charge >= 0.3 is 0 Å². The van der Waals surface area contributed by atoms with Crippen molar-refractivity contribution in [3.05, 3.63) is 69.3 Å². The van der Waals surface area contributed by atoms with E-state index in [4.69, 9.17) is 23.2 Å². The first-order valence-electron chi connectivity index (χ1n) is 7.59. The molecule has 0 N–H and O–H groups in total. The standard InChI is InChI=1S/C17H14Cl2N2O4S2/c1-26(22,23)21-16-10-14(19)6-7-15(16)20-17(21)11-27(24,25)9-8-12-2-4-13(18)5-3-12/h2-10H,11H2,1H3/b9-8+. The van der Waals surface area contributed by atoms with Crippen molar-refractivity contribution in [1.82, 2.24) is 8.96 Å². The van der Waals surface area contributed by atoms with Crippen molar-refractivity contribution in [2.24, 2.45) is 0 Å². The highest BCUT2D eigenvalue weighted by molar-refractivity contribution is 7.93. The Labute approximate surface area is 167 Å². The van der Waals surface area contributed by atoms with Crippen molar-refractivity contribution < 1.29 is 16.8 Å². The molecular weight excluding hydrogens is 431 g/mol. The van der Waals surface area contributed by atoms with E-state index in [0.717, 1.165) is 15.6 Å².